The van der Waals surface area contributed by atoms with Crippen molar-refractivity contribution in [2.24, 2.45) is 0 Å². The normalized spacial score (nSPS) is 11.6. The smallest absolute Gasteiger partial charge is 0.243 e. The lowest BCUT2D eigenvalue weighted by Gasteiger charge is -2.23. The number of nitrogens with zero attached hydrogens (tertiary/aromatic N) is 3. The van der Waals surface area contributed by atoms with Crippen LogP contribution < -0.4 is 0 Å². The van der Waals surface area contributed by atoms with Crippen LogP contribution >= 0.6 is 23.8 Å². The molecular formula is C28H23ClN4O2S2. The minimum absolute atomic E-state index is 0.204. The molecule has 186 valence electrons. The average molecular weight is 547 g/mol. The minimum Gasteiger partial charge on any atom is -0.268 e. The number of H-pyrrole nitrogens is 1. The van der Waals surface area contributed by atoms with E-state index in [2.05, 4.69) is 10.2 Å². The fourth-order valence-electron chi connectivity index (χ4n) is 4.05. The lowest BCUT2D eigenvalue weighted by molar-refractivity contribution is 0.401. The molecule has 0 aliphatic carbocycles. The molecule has 1 N–H and O–H groups in total. The van der Waals surface area contributed by atoms with E-state index in [0.717, 1.165) is 22.4 Å². The van der Waals surface area contributed by atoms with Crippen molar-refractivity contribution >= 4 is 33.8 Å². The number of hydrogen-bond acceptors (Lipinski definition) is 4. The van der Waals surface area contributed by atoms with Crippen LogP contribution in [0.2, 0.25) is 5.02 Å². The summed E-state index contributed by atoms with van der Waals surface area (Å²) in [6.45, 7) is 0.518. The maximum Gasteiger partial charge on any atom is 0.243 e. The van der Waals surface area contributed by atoms with Gasteiger partial charge in [-0.25, -0.2) is 8.42 Å². The Labute approximate surface area is 225 Å². The molecule has 5 rings (SSSR count). The number of halogens is 1. The van der Waals surface area contributed by atoms with Gasteiger partial charge in [0.25, 0.3) is 0 Å². The maximum atomic E-state index is 13.8. The molecule has 0 saturated carbocycles. The molecule has 1 aromatic heterocycles. The van der Waals surface area contributed by atoms with Gasteiger partial charge >= 0.3 is 0 Å². The summed E-state index contributed by atoms with van der Waals surface area (Å²) in [5.74, 6) is 0.571. The van der Waals surface area contributed by atoms with Crippen LogP contribution in [0.5, 0.6) is 0 Å². The SMILES string of the molecule is O=S(=O)(c1ccc(-c2n[nH]c(=S)n2-c2ccc(Cl)cc2)cc1)N(Cc1ccccc1)Cc1ccccc1. The fraction of sp³-hybridized carbons (Fsp3) is 0.0714. The zero-order valence-corrected chi connectivity index (χ0v) is 22.0. The molecule has 0 bridgehead atoms. The van der Waals surface area contributed by atoms with Gasteiger partial charge in [-0.1, -0.05) is 72.3 Å². The minimum atomic E-state index is -3.80. The van der Waals surface area contributed by atoms with Crippen molar-refractivity contribution in [3.8, 4) is 17.1 Å². The van der Waals surface area contributed by atoms with Crippen molar-refractivity contribution < 1.29 is 8.42 Å². The van der Waals surface area contributed by atoms with Gasteiger partial charge in [0, 0.05) is 23.7 Å². The van der Waals surface area contributed by atoms with Crippen molar-refractivity contribution in [3.05, 3.63) is 130 Å². The Morgan fingerprint density at radius 3 is 1.86 bits per heavy atom. The van der Waals surface area contributed by atoms with Gasteiger partial charge in [0.15, 0.2) is 10.6 Å². The molecule has 0 aliphatic heterocycles. The molecule has 9 heteroatoms. The molecule has 0 saturated heterocycles. The number of rotatable bonds is 8. The molecular weight excluding hydrogens is 524 g/mol. The third-order valence-corrected chi connectivity index (χ3v) is 8.24. The van der Waals surface area contributed by atoms with E-state index in [1.807, 2.05) is 72.8 Å². The van der Waals surface area contributed by atoms with Gasteiger partial charge in [0.05, 0.1) is 10.6 Å². The van der Waals surface area contributed by atoms with Crippen LogP contribution in [0.15, 0.2) is 114 Å². The summed E-state index contributed by atoms with van der Waals surface area (Å²) in [6, 6.07) is 33.1. The Bertz CT molecular complexity index is 1610. The second kappa shape index (κ2) is 10.8. The Kier molecular flexibility index (Phi) is 7.34. The van der Waals surface area contributed by atoms with Gasteiger partial charge < -0.3 is 0 Å². The summed E-state index contributed by atoms with van der Waals surface area (Å²) < 4.78 is 31.3. The Hall–Kier alpha value is -3.56. The molecule has 0 radical (unpaired) electrons. The Morgan fingerprint density at radius 1 is 0.784 bits per heavy atom. The zero-order chi connectivity index (χ0) is 25.8. The van der Waals surface area contributed by atoms with Crippen LogP contribution in [0, 0.1) is 4.77 Å². The van der Waals surface area contributed by atoms with E-state index < -0.39 is 10.0 Å². The molecule has 37 heavy (non-hydrogen) atoms. The molecule has 0 fully saturated rings. The van der Waals surface area contributed by atoms with Crippen molar-refractivity contribution in [1.29, 1.82) is 0 Å². The third kappa shape index (κ3) is 5.57. The van der Waals surface area contributed by atoms with Crippen LogP contribution in [0.1, 0.15) is 11.1 Å². The standard InChI is InChI=1S/C28H23ClN4O2S2/c29-24-13-15-25(16-14-24)33-27(30-31-28(33)36)23-11-17-26(18-12-23)37(34,35)32(19-21-7-3-1-4-8-21)20-22-9-5-2-6-10-22/h1-18H,19-20H2,(H,31,36). The molecule has 0 unspecified atom stereocenters. The first-order valence-electron chi connectivity index (χ1n) is 11.5. The summed E-state index contributed by atoms with van der Waals surface area (Å²) in [5.41, 5.74) is 3.35. The highest BCUT2D eigenvalue weighted by molar-refractivity contribution is 7.89. The first-order valence-corrected chi connectivity index (χ1v) is 13.8. The first-order chi connectivity index (χ1) is 17.9. The van der Waals surface area contributed by atoms with Gasteiger partial charge in [0.1, 0.15) is 0 Å². The van der Waals surface area contributed by atoms with Crippen molar-refractivity contribution in [2.75, 3.05) is 0 Å². The highest BCUT2D eigenvalue weighted by atomic mass is 35.5. The lowest BCUT2D eigenvalue weighted by atomic mass is 10.2. The van der Waals surface area contributed by atoms with Gasteiger partial charge in [-0.2, -0.15) is 9.40 Å². The first kappa shape index (κ1) is 25.1. The molecule has 4 aromatic carbocycles. The van der Waals surface area contributed by atoms with Crippen LogP contribution in [0.3, 0.4) is 0 Å². The predicted molar refractivity (Wildman–Crippen MR) is 149 cm³/mol. The average Bonchev–Trinajstić information content (AvgIpc) is 3.31. The molecule has 1 heterocycles. The summed E-state index contributed by atoms with van der Waals surface area (Å²) in [4.78, 5) is 0.204. The topological polar surface area (TPSA) is 71.0 Å². The number of benzene rings is 4. The van der Waals surface area contributed by atoms with Crippen molar-refractivity contribution in [2.45, 2.75) is 18.0 Å². The number of nitrogens with one attached hydrogen (secondary N) is 1. The number of hydrogen-bond donors (Lipinski definition) is 1. The molecule has 5 aromatic rings. The van der Waals surface area contributed by atoms with Crippen LogP contribution in [0.25, 0.3) is 17.1 Å². The molecule has 0 atom stereocenters. The predicted octanol–water partition coefficient (Wildman–Crippen LogP) is 6.64. The van der Waals surface area contributed by atoms with E-state index in [-0.39, 0.29) is 18.0 Å². The quantitative estimate of drug-likeness (QED) is 0.221. The fourth-order valence-corrected chi connectivity index (χ4v) is 5.83. The highest BCUT2D eigenvalue weighted by Gasteiger charge is 2.25. The number of sulfonamides is 1. The molecule has 6 nitrogen and oxygen atoms in total. The summed E-state index contributed by atoms with van der Waals surface area (Å²) in [5, 5.41) is 7.82. The Morgan fingerprint density at radius 2 is 1.32 bits per heavy atom. The molecule has 0 aliphatic rings. The van der Waals surface area contributed by atoms with Crippen molar-refractivity contribution in [1.82, 2.24) is 19.1 Å². The summed E-state index contributed by atoms with van der Waals surface area (Å²) in [7, 11) is -3.80. The summed E-state index contributed by atoms with van der Waals surface area (Å²) in [6.07, 6.45) is 0. The van der Waals surface area contributed by atoms with E-state index >= 15 is 0 Å². The van der Waals surface area contributed by atoms with E-state index in [1.165, 1.54) is 4.31 Å². The highest BCUT2D eigenvalue weighted by Crippen LogP contribution is 2.26. The lowest BCUT2D eigenvalue weighted by Crippen LogP contribution is -2.30. The van der Waals surface area contributed by atoms with Crippen LogP contribution in [-0.2, 0) is 23.1 Å². The number of aromatic nitrogens is 3. The van der Waals surface area contributed by atoms with E-state index in [1.54, 1.807) is 41.0 Å². The molecule has 0 amide bonds. The van der Waals surface area contributed by atoms with Gasteiger partial charge in [0.2, 0.25) is 10.0 Å². The zero-order valence-electron chi connectivity index (χ0n) is 19.7. The van der Waals surface area contributed by atoms with Crippen LogP contribution in [0.4, 0.5) is 0 Å². The van der Waals surface area contributed by atoms with E-state index in [9.17, 15) is 8.42 Å². The number of aromatic amines is 1. The third-order valence-electron chi connectivity index (χ3n) is 5.91. The largest absolute Gasteiger partial charge is 0.268 e. The maximum absolute atomic E-state index is 13.8. The van der Waals surface area contributed by atoms with Gasteiger partial charge in [-0.3, -0.25) is 9.67 Å². The second-order valence-electron chi connectivity index (χ2n) is 8.43. The summed E-state index contributed by atoms with van der Waals surface area (Å²) >= 11 is 11.5. The van der Waals surface area contributed by atoms with Gasteiger partial charge in [-0.05, 0) is 71.9 Å². The van der Waals surface area contributed by atoms with E-state index in [0.29, 0.717) is 15.6 Å². The second-order valence-corrected chi connectivity index (χ2v) is 11.2. The monoisotopic (exact) mass is 546 g/mol. The van der Waals surface area contributed by atoms with Gasteiger partial charge in [-0.15, -0.1) is 0 Å². The van der Waals surface area contributed by atoms with Crippen LogP contribution in [-0.4, -0.2) is 27.5 Å². The Balaban J connectivity index is 1.48. The van der Waals surface area contributed by atoms with Crippen molar-refractivity contribution in [3.63, 3.8) is 0 Å². The molecule has 0 spiro atoms. The van der Waals surface area contributed by atoms with E-state index in [4.69, 9.17) is 23.8 Å².